The number of benzene rings is 2. The van der Waals surface area contributed by atoms with Crippen molar-refractivity contribution in [3.05, 3.63) is 40.4 Å². The molecule has 0 saturated heterocycles. The van der Waals surface area contributed by atoms with E-state index in [1.54, 1.807) is 7.11 Å². The highest BCUT2D eigenvalue weighted by Crippen LogP contribution is 2.32. The van der Waals surface area contributed by atoms with E-state index in [1.165, 1.54) is 35.6 Å². The number of carbonyl (C=O) groups is 1. The Balaban J connectivity index is 1.48. The Labute approximate surface area is 173 Å². The molecule has 1 fully saturated rings. The number of amides is 2. The van der Waals surface area contributed by atoms with Gasteiger partial charge < -0.3 is 15.4 Å². The van der Waals surface area contributed by atoms with Gasteiger partial charge in [-0.25, -0.2) is 4.79 Å². The fourth-order valence-corrected chi connectivity index (χ4v) is 4.85. The van der Waals surface area contributed by atoms with E-state index in [4.69, 9.17) is 4.74 Å². The Morgan fingerprint density at radius 2 is 2.04 bits per heavy atom. The summed E-state index contributed by atoms with van der Waals surface area (Å²) in [6, 6.07) is 10.8. The first-order valence-corrected chi connectivity index (χ1v) is 11.5. The normalized spacial score (nSPS) is 14.9. The number of urea groups is 1. The van der Waals surface area contributed by atoms with E-state index in [-0.39, 0.29) is 6.03 Å². The molecule has 0 heterocycles. The highest BCUT2D eigenvalue weighted by Gasteiger charge is 2.15. The summed E-state index contributed by atoms with van der Waals surface area (Å²) >= 11 is 5.34. The van der Waals surface area contributed by atoms with Gasteiger partial charge in [0.05, 0.1) is 7.11 Å². The Morgan fingerprint density at radius 3 is 2.81 bits per heavy atom. The SMILES string of the molecule is COc1ccc2cc(Br)ccc2c1CSCCNC(=O)NC1CCCCC1. The maximum atomic E-state index is 12.0. The topological polar surface area (TPSA) is 50.4 Å². The third kappa shape index (κ3) is 5.79. The third-order valence-corrected chi connectivity index (χ3v) is 6.47. The molecular formula is C21H27BrN2O2S. The number of thioether (sulfide) groups is 1. The molecule has 0 spiro atoms. The first kappa shape index (κ1) is 20.3. The van der Waals surface area contributed by atoms with Crippen molar-refractivity contribution in [2.24, 2.45) is 0 Å². The zero-order valence-electron chi connectivity index (χ0n) is 15.7. The molecule has 1 aliphatic carbocycles. The van der Waals surface area contributed by atoms with Crippen molar-refractivity contribution in [2.75, 3.05) is 19.4 Å². The molecule has 1 saturated carbocycles. The van der Waals surface area contributed by atoms with Crippen molar-refractivity contribution < 1.29 is 9.53 Å². The minimum absolute atomic E-state index is 0.0323. The summed E-state index contributed by atoms with van der Waals surface area (Å²) in [4.78, 5) is 12.0. The summed E-state index contributed by atoms with van der Waals surface area (Å²) in [5.74, 6) is 2.64. The molecule has 0 atom stereocenters. The van der Waals surface area contributed by atoms with Crippen LogP contribution in [0.15, 0.2) is 34.8 Å². The number of methoxy groups -OCH3 is 1. The number of fused-ring (bicyclic) bond motifs is 1. The number of hydrogen-bond acceptors (Lipinski definition) is 3. The van der Waals surface area contributed by atoms with Crippen LogP contribution in [0.1, 0.15) is 37.7 Å². The molecule has 2 N–H and O–H groups in total. The van der Waals surface area contributed by atoms with Crippen LogP contribution in [0.4, 0.5) is 4.79 Å². The molecule has 2 amide bonds. The first-order chi connectivity index (χ1) is 13.2. The molecule has 0 unspecified atom stereocenters. The summed E-state index contributed by atoms with van der Waals surface area (Å²) in [5.41, 5.74) is 1.21. The highest BCUT2D eigenvalue weighted by molar-refractivity contribution is 9.10. The second-order valence-electron chi connectivity index (χ2n) is 6.90. The van der Waals surface area contributed by atoms with E-state index in [0.29, 0.717) is 12.6 Å². The van der Waals surface area contributed by atoms with Crippen molar-refractivity contribution in [3.63, 3.8) is 0 Å². The number of nitrogens with one attached hydrogen (secondary N) is 2. The summed E-state index contributed by atoms with van der Waals surface area (Å²) < 4.78 is 6.63. The van der Waals surface area contributed by atoms with Crippen molar-refractivity contribution in [2.45, 2.75) is 43.9 Å². The van der Waals surface area contributed by atoms with Crippen LogP contribution in [0.3, 0.4) is 0 Å². The Kier molecular flexibility index (Phi) is 7.70. The van der Waals surface area contributed by atoms with Gasteiger partial charge in [0.25, 0.3) is 0 Å². The molecule has 0 aromatic heterocycles. The molecule has 1 aliphatic rings. The molecule has 0 aliphatic heterocycles. The van der Waals surface area contributed by atoms with Gasteiger partial charge in [-0.15, -0.1) is 0 Å². The van der Waals surface area contributed by atoms with Crippen LogP contribution in [0.25, 0.3) is 10.8 Å². The van der Waals surface area contributed by atoms with Crippen LogP contribution in [-0.2, 0) is 5.75 Å². The minimum atomic E-state index is -0.0323. The van der Waals surface area contributed by atoms with Crippen LogP contribution in [0, 0.1) is 0 Å². The van der Waals surface area contributed by atoms with Crippen molar-refractivity contribution in [3.8, 4) is 5.75 Å². The van der Waals surface area contributed by atoms with Gasteiger partial charge in [0.1, 0.15) is 5.75 Å². The summed E-state index contributed by atoms with van der Waals surface area (Å²) in [6.07, 6.45) is 5.97. The van der Waals surface area contributed by atoms with Crippen molar-refractivity contribution in [1.29, 1.82) is 0 Å². The Morgan fingerprint density at radius 1 is 1.22 bits per heavy atom. The van der Waals surface area contributed by atoms with Crippen molar-refractivity contribution >= 4 is 44.5 Å². The van der Waals surface area contributed by atoms with Gasteiger partial charge in [-0.05, 0) is 41.8 Å². The standard InChI is InChI=1S/C21H27BrN2O2S/c1-26-20-10-7-15-13-16(22)8-9-18(15)19(20)14-27-12-11-23-21(25)24-17-5-3-2-4-6-17/h7-10,13,17H,2-6,11-12,14H2,1H3,(H2,23,24,25). The van der Waals surface area contributed by atoms with Gasteiger partial charge in [-0.2, -0.15) is 11.8 Å². The van der Waals surface area contributed by atoms with Crippen LogP contribution in [0.5, 0.6) is 5.75 Å². The zero-order valence-corrected chi connectivity index (χ0v) is 18.1. The number of hydrogen-bond donors (Lipinski definition) is 2. The number of ether oxygens (including phenoxy) is 1. The fraction of sp³-hybridized carbons (Fsp3) is 0.476. The zero-order chi connectivity index (χ0) is 19.1. The Hall–Kier alpha value is -1.40. The quantitative estimate of drug-likeness (QED) is 0.549. The molecule has 2 aromatic rings. The molecule has 3 rings (SSSR count). The molecule has 146 valence electrons. The lowest BCUT2D eigenvalue weighted by molar-refractivity contribution is 0.233. The van der Waals surface area contributed by atoms with E-state index in [9.17, 15) is 4.79 Å². The first-order valence-electron chi connectivity index (χ1n) is 9.54. The summed E-state index contributed by atoms with van der Waals surface area (Å²) in [6.45, 7) is 0.669. The monoisotopic (exact) mass is 450 g/mol. The largest absolute Gasteiger partial charge is 0.496 e. The molecule has 4 nitrogen and oxygen atoms in total. The molecule has 0 bridgehead atoms. The average molecular weight is 451 g/mol. The maximum Gasteiger partial charge on any atom is 0.315 e. The third-order valence-electron chi connectivity index (χ3n) is 4.99. The van der Waals surface area contributed by atoms with Crippen LogP contribution >= 0.6 is 27.7 Å². The molecule has 2 aromatic carbocycles. The number of carbonyl (C=O) groups excluding carboxylic acids is 1. The lowest BCUT2D eigenvalue weighted by atomic mass is 9.96. The fourth-order valence-electron chi connectivity index (χ4n) is 3.58. The van der Waals surface area contributed by atoms with E-state index in [0.717, 1.165) is 34.6 Å². The van der Waals surface area contributed by atoms with Gasteiger partial charge in [-0.1, -0.05) is 47.3 Å². The highest BCUT2D eigenvalue weighted by atomic mass is 79.9. The van der Waals surface area contributed by atoms with Gasteiger partial charge in [-0.3, -0.25) is 0 Å². The molecule has 6 heteroatoms. The molecule has 0 radical (unpaired) electrons. The second-order valence-corrected chi connectivity index (χ2v) is 8.92. The maximum absolute atomic E-state index is 12.0. The van der Waals surface area contributed by atoms with Gasteiger partial charge in [0.2, 0.25) is 0 Å². The molecular weight excluding hydrogens is 424 g/mol. The van der Waals surface area contributed by atoms with E-state index in [2.05, 4.69) is 50.8 Å². The minimum Gasteiger partial charge on any atom is -0.496 e. The van der Waals surface area contributed by atoms with Crippen LogP contribution in [-0.4, -0.2) is 31.5 Å². The van der Waals surface area contributed by atoms with E-state index in [1.807, 2.05) is 17.8 Å². The molecule has 27 heavy (non-hydrogen) atoms. The van der Waals surface area contributed by atoms with E-state index >= 15 is 0 Å². The smallest absolute Gasteiger partial charge is 0.315 e. The lowest BCUT2D eigenvalue weighted by Gasteiger charge is -2.22. The number of halogens is 1. The summed E-state index contributed by atoms with van der Waals surface area (Å²) in [5, 5.41) is 8.49. The van der Waals surface area contributed by atoms with E-state index < -0.39 is 0 Å². The Bertz CT molecular complexity index is 778. The predicted molar refractivity (Wildman–Crippen MR) is 118 cm³/mol. The van der Waals surface area contributed by atoms with Crippen LogP contribution in [0.2, 0.25) is 0 Å². The van der Waals surface area contributed by atoms with Gasteiger partial charge in [0.15, 0.2) is 0 Å². The van der Waals surface area contributed by atoms with Gasteiger partial charge >= 0.3 is 6.03 Å². The number of rotatable bonds is 7. The predicted octanol–water partition coefficient (Wildman–Crippen LogP) is 5.48. The van der Waals surface area contributed by atoms with Crippen molar-refractivity contribution in [1.82, 2.24) is 10.6 Å². The summed E-state index contributed by atoms with van der Waals surface area (Å²) in [7, 11) is 1.71. The average Bonchev–Trinajstić information content (AvgIpc) is 2.68. The lowest BCUT2D eigenvalue weighted by Crippen LogP contribution is -2.43. The van der Waals surface area contributed by atoms with Gasteiger partial charge in [0, 0.05) is 34.1 Å². The van der Waals surface area contributed by atoms with Crippen LogP contribution < -0.4 is 15.4 Å². The second kappa shape index (κ2) is 10.2.